The standard InChI is InChI=1S/C40H46N8O10/c1-45-19-23(12-30(45)37(51)44-26-16-32(40(55)57-6)48(4)22-26)13-33(49)29-14-25(21-46(29)2)43-38(52)31-15-24(20-47(31)3)42-36(50)10-8-7-9-11-58-35-18-28(41)27(39(53)54)17-34(35)56-5/h12,14-22H,7-11,13,41H2,1-6H3,(H,42,50)(H,43,52)(H,44,51)(H,53,54). The zero-order valence-corrected chi connectivity index (χ0v) is 33.0. The number of carbonyl (C=O) groups is 6. The summed E-state index contributed by atoms with van der Waals surface area (Å²) in [7, 11) is 9.39. The van der Waals surface area contributed by atoms with Gasteiger partial charge in [-0.05, 0) is 49.1 Å². The van der Waals surface area contributed by atoms with Gasteiger partial charge in [-0.25, -0.2) is 9.59 Å². The maximum absolute atomic E-state index is 13.4. The van der Waals surface area contributed by atoms with E-state index in [1.807, 2.05) is 0 Å². The Morgan fingerprint density at radius 1 is 0.655 bits per heavy atom. The Hall–Kier alpha value is -7.24. The van der Waals surface area contributed by atoms with Crippen LogP contribution in [0, 0.1) is 0 Å². The summed E-state index contributed by atoms with van der Waals surface area (Å²) in [6, 6.07) is 8.98. The molecule has 0 aliphatic heterocycles. The number of anilines is 4. The van der Waals surface area contributed by atoms with Crippen LogP contribution in [-0.4, -0.2) is 79.6 Å². The number of esters is 1. The summed E-state index contributed by atoms with van der Waals surface area (Å²) in [5, 5.41) is 17.6. The summed E-state index contributed by atoms with van der Waals surface area (Å²) in [6.07, 6.45) is 8.66. The molecule has 5 aromatic rings. The van der Waals surface area contributed by atoms with Crippen LogP contribution in [0.1, 0.15) is 83.6 Å². The molecule has 0 spiro atoms. The smallest absolute Gasteiger partial charge is 0.354 e. The fourth-order valence-corrected chi connectivity index (χ4v) is 6.33. The van der Waals surface area contributed by atoms with Crippen molar-refractivity contribution in [3.8, 4) is 11.5 Å². The van der Waals surface area contributed by atoms with Gasteiger partial charge in [0.25, 0.3) is 11.8 Å². The van der Waals surface area contributed by atoms with Crippen molar-refractivity contribution in [2.75, 3.05) is 42.5 Å². The minimum atomic E-state index is -1.17. The lowest BCUT2D eigenvalue weighted by Gasteiger charge is -2.13. The SMILES string of the molecule is COC(=O)c1cc(NC(=O)c2cc(CC(=O)c3cc(NC(=O)c4cc(NC(=O)CCCCCOc5cc(N)c(C(=O)O)cc5OC)cn4C)cn3C)cn2C)cn1C. The highest BCUT2D eigenvalue weighted by molar-refractivity contribution is 6.06. The molecule has 4 heterocycles. The Labute approximate surface area is 333 Å². The van der Waals surface area contributed by atoms with E-state index in [1.54, 1.807) is 89.4 Å². The Kier molecular flexibility index (Phi) is 13.1. The van der Waals surface area contributed by atoms with Crippen LogP contribution in [0.2, 0.25) is 0 Å². The number of ketones is 1. The van der Waals surface area contributed by atoms with Crippen molar-refractivity contribution in [1.29, 1.82) is 0 Å². The maximum atomic E-state index is 13.4. The third-order valence-corrected chi connectivity index (χ3v) is 9.26. The van der Waals surface area contributed by atoms with Gasteiger partial charge < -0.3 is 59.3 Å². The van der Waals surface area contributed by atoms with Gasteiger partial charge in [-0.3, -0.25) is 19.2 Å². The minimum Gasteiger partial charge on any atom is -0.493 e. The number of aryl methyl sites for hydroxylation is 4. The summed E-state index contributed by atoms with van der Waals surface area (Å²) < 4.78 is 22.0. The summed E-state index contributed by atoms with van der Waals surface area (Å²) in [5.41, 5.74) is 8.87. The van der Waals surface area contributed by atoms with Crippen molar-refractivity contribution in [2.45, 2.75) is 32.1 Å². The molecule has 0 saturated heterocycles. The number of hydrogen-bond donors (Lipinski definition) is 5. The van der Waals surface area contributed by atoms with Crippen molar-refractivity contribution >= 4 is 58.2 Å². The third kappa shape index (κ3) is 9.94. The number of aromatic carboxylic acids is 1. The van der Waals surface area contributed by atoms with Crippen LogP contribution in [0.5, 0.6) is 11.5 Å². The first-order valence-electron chi connectivity index (χ1n) is 18.1. The summed E-state index contributed by atoms with van der Waals surface area (Å²) >= 11 is 0. The molecule has 0 saturated carbocycles. The van der Waals surface area contributed by atoms with Crippen molar-refractivity contribution in [2.24, 2.45) is 28.2 Å². The number of hydrogen-bond acceptors (Lipinski definition) is 10. The van der Waals surface area contributed by atoms with Crippen LogP contribution in [-0.2, 0) is 44.1 Å². The van der Waals surface area contributed by atoms with E-state index >= 15 is 0 Å². The quantitative estimate of drug-likeness (QED) is 0.0355. The number of rotatable bonds is 18. The summed E-state index contributed by atoms with van der Waals surface area (Å²) in [6.45, 7) is 0.310. The topological polar surface area (TPSA) is 232 Å². The molecule has 0 aliphatic carbocycles. The molecular weight excluding hydrogens is 752 g/mol. The van der Waals surface area contributed by atoms with Gasteiger partial charge in [0.15, 0.2) is 17.3 Å². The van der Waals surface area contributed by atoms with Crippen LogP contribution >= 0.6 is 0 Å². The molecule has 18 nitrogen and oxygen atoms in total. The number of amides is 3. The highest BCUT2D eigenvalue weighted by atomic mass is 16.5. The van der Waals surface area contributed by atoms with Gasteiger partial charge in [0.05, 0.1) is 54.8 Å². The number of nitrogens with zero attached hydrogens (tertiary/aromatic N) is 4. The monoisotopic (exact) mass is 798 g/mol. The van der Waals surface area contributed by atoms with E-state index in [0.717, 1.165) is 0 Å². The fourth-order valence-electron chi connectivity index (χ4n) is 6.33. The van der Waals surface area contributed by atoms with Gasteiger partial charge in [-0.15, -0.1) is 0 Å². The number of Topliss-reactive ketones (excluding diaryl/α,β-unsaturated/α-hetero) is 1. The minimum absolute atomic E-state index is 0.00578. The molecule has 0 aliphatic rings. The lowest BCUT2D eigenvalue weighted by atomic mass is 10.1. The van der Waals surface area contributed by atoms with Crippen molar-refractivity contribution in [3.05, 3.63) is 95.1 Å². The number of nitrogens with two attached hydrogens (primary N) is 1. The highest BCUT2D eigenvalue weighted by Crippen LogP contribution is 2.32. The van der Waals surface area contributed by atoms with Crippen molar-refractivity contribution < 1.29 is 48.1 Å². The van der Waals surface area contributed by atoms with Crippen LogP contribution in [0.25, 0.3) is 0 Å². The lowest BCUT2D eigenvalue weighted by Crippen LogP contribution is -2.15. The zero-order chi connectivity index (χ0) is 42.3. The van der Waals surface area contributed by atoms with E-state index in [-0.39, 0.29) is 52.9 Å². The van der Waals surface area contributed by atoms with E-state index < -0.39 is 23.8 Å². The number of nitrogens with one attached hydrogen (secondary N) is 3. The largest absolute Gasteiger partial charge is 0.493 e. The maximum Gasteiger partial charge on any atom is 0.354 e. The molecule has 5 rings (SSSR count). The highest BCUT2D eigenvalue weighted by Gasteiger charge is 2.21. The molecule has 0 radical (unpaired) electrons. The van der Waals surface area contributed by atoms with Gasteiger partial charge in [0.1, 0.15) is 17.1 Å². The van der Waals surface area contributed by atoms with E-state index in [4.69, 9.17) is 19.9 Å². The number of carboxylic acid groups (broad SMARTS) is 1. The number of nitrogen functional groups attached to an aromatic ring is 1. The van der Waals surface area contributed by atoms with Crippen LogP contribution in [0.4, 0.5) is 22.7 Å². The number of methoxy groups -OCH3 is 2. The number of carboxylic acids is 1. The molecule has 3 amide bonds. The van der Waals surface area contributed by atoms with E-state index in [9.17, 15) is 33.9 Å². The number of unbranched alkanes of at least 4 members (excludes halogenated alkanes) is 2. The number of benzene rings is 1. The predicted octanol–water partition coefficient (Wildman–Crippen LogP) is 4.62. The van der Waals surface area contributed by atoms with Gasteiger partial charge in [0.2, 0.25) is 5.91 Å². The number of aromatic nitrogens is 4. The van der Waals surface area contributed by atoms with Crippen LogP contribution < -0.4 is 31.2 Å². The van der Waals surface area contributed by atoms with Crippen molar-refractivity contribution in [1.82, 2.24) is 18.3 Å². The molecule has 58 heavy (non-hydrogen) atoms. The van der Waals surface area contributed by atoms with Crippen molar-refractivity contribution in [3.63, 3.8) is 0 Å². The first-order chi connectivity index (χ1) is 27.6. The first-order valence-corrected chi connectivity index (χ1v) is 18.1. The second kappa shape index (κ2) is 18.1. The molecule has 0 atom stereocenters. The Bertz CT molecular complexity index is 2380. The lowest BCUT2D eigenvalue weighted by molar-refractivity contribution is -0.116. The molecule has 0 bridgehead atoms. The summed E-state index contributed by atoms with van der Waals surface area (Å²) in [4.78, 5) is 75.6. The molecule has 4 aromatic heterocycles. The van der Waals surface area contributed by atoms with Crippen LogP contribution in [0.15, 0.2) is 61.2 Å². The average Bonchev–Trinajstić information content (AvgIpc) is 3.93. The molecule has 0 fully saturated rings. The molecule has 6 N–H and O–H groups in total. The number of ether oxygens (including phenoxy) is 3. The Morgan fingerprint density at radius 3 is 1.83 bits per heavy atom. The van der Waals surface area contributed by atoms with Gasteiger partial charge in [-0.1, -0.05) is 0 Å². The second-order valence-corrected chi connectivity index (χ2v) is 13.6. The van der Waals surface area contributed by atoms with Gasteiger partial charge in [0, 0.05) is 78.0 Å². The third-order valence-electron chi connectivity index (χ3n) is 9.26. The zero-order valence-electron chi connectivity index (χ0n) is 33.0. The summed E-state index contributed by atoms with van der Waals surface area (Å²) in [5.74, 6) is -2.44. The molecular formula is C40H46N8O10. The first kappa shape index (κ1) is 41.9. The Morgan fingerprint density at radius 2 is 1.21 bits per heavy atom. The van der Waals surface area contributed by atoms with Crippen LogP contribution in [0.3, 0.4) is 0 Å². The molecule has 0 unspecified atom stereocenters. The predicted molar refractivity (Wildman–Crippen MR) is 214 cm³/mol. The molecule has 18 heteroatoms. The van der Waals surface area contributed by atoms with Gasteiger partial charge >= 0.3 is 11.9 Å². The normalized spacial score (nSPS) is 10.9. The average molecular weight is 799 g/mol. The second-order valence-electron chi connectivity index (χ2n) is 13.6. The number of carbonyl (C=O) groups excluding carboxylic acids is 5. The van der Waals surface area contributed by atoms with E-state index in [2.05, 4.69) is 16.0 Å². The molecule has 1 aromatic carbocycles. The van der Waals surface area contributed by atoms with Gasteiger partial charge in [-0.2, -0.15) is 0 Å². The fraction of sp³-hybridized carbons (Fsp3) is 0.300. The van der Waals surface area contributed by atoms with E-state index in [0.29, 0.717) is 65.6 Å². The Balaban J connectivity index is 1.09. The molecule has 306 valence electrons. The van der Waals surface area contributed by atoms with E-state index in [1.165, 1.54) is 32.4 Å².